The van der Waals surface area contributed by atoms with Gasteiger partial charge in [0.15, 0.2) is 12.6 Å². The predicted molar refractivity (Wildman–Crippen MR) is 178 cm³/mol. The van der Waals surface area contributed by atoms with E-state index >= 15 is 0 Å². The van der Waals surface area contributed by atoms with Crippen LogP contribution in [0.3, 0.4) is 0 Å². The van der Waals surface area contributed by atoms with Crippen molar-refractivity contribution in [3.8, 4) is 0 Å². The van der Waals surface area contributed by atoms with Gasteiger partial charge in [0.1, 0.15) is 25.8 Å². The van der Waals surface area contributed by atoms with Gasteiger partial charge in [0.2, 0.25) is 0 Å². The van der Waals surface area contributed by atoms with Gasteiger partial charge in [0, 0.05) is 12.4 Å². The average molecular weight is 732 g/mol. The maximum Gasteiger partial charge on any atom is 0.312 e. The molecule has 0 rings (SSSR count). The summed E-state index contributed by atoms with van der Waals surface area (Å²) in [6.07, 6.45) is 0.339. The Labute approximate surface area is 301 Å². The number of aliphatic carboxylic acids is 2. The molecular formula is C35H61N3O13. The third kappa shape index (κ3) is 15.6. The van der Waals surface area contributed by atoms with Gasteiger partial charge in [0.05, 0.1) is 55.4 Å². The summed E-state index contributed by atoms with van der Waals surface area (Å²) in [6.45, 7) is 12.3. The Morgan fingerprint density at radius 1 is 0.667 bits per heavy atom. The Morgan fingerprint density at radius 2 is 1.10 bits per heavy atom. The Kier molecular flexibility index (Phi) is 18.3. The van der Waals surface area contributed by atoms with Gasteiger partial charge in [-0.25, -0.2) is 0 Å². The fourth-order valence-electron chi connectivity index (χ4n) is 5.16. The van der Waals surface area contributed by atoms with Gasteiger partial charge < -0.3 is 54.3 Å². The fourth-order valence-corrected chi connectivity index (χ4v) is 5.16. The molecule has 0 aromatic heterocycles. The number of esters is 4. The molecule has 16 nitrogen and oxygen atoms in total. The molecule has 0 spiro atoms. The molecule has 0 aliphatic carbocycles. The summed E-state index contributed by atoms with van der Waals surface area (Å²) in [5, 5.41) is 24.7. The number of carboxylic acids is 2. The lowest BCUT2D eigenvalue weighted by atomic mass is 9.70. The van der Waals surface area contributed by atoms with Gasteiger partial charge in [-0.1, -0.05) is 20.8 Å². The first-order chi connectivity index (χ1) is 23.2. The summed E-state index contributed by atoms with van der Waals surface area (Å²) in [6, 6.07) is -3.03. The van der Waals surface area contributed by atoms with Gasteiger partial charge in [-0.2, -0.15) is 0 Å². The van der Waals surface area contributed by atoms with Crippen LogP contribution < -0.4 is 21.3 Å². The quantitative estimate of drug-likeness (QED) is 0.0682. The van der Waals surface area contributed by atoms with Gasteiger partial charge >= 0.3 is 23.9 Å². The molecule has 0 heterocycles. The summed E-state index contributed by atoms with van der Waals surface area (Å²) in [7, 11) is 5.88. The number of quaternary nitrogens is 2. The minimum absolute atomic E-state index is 0.00621. The Hall–Kier alpha value is -3.79. The number of nitrogens with zero attached hydrogens (tertiary/aromatic N) is 1. The summed E-state index contributed by atoms with van der Waals surface area (Å²) < 4.78 is 21.8. The normalized spacial score (nSPS) is 16.5. The summed E-state index contributed by atoms with van der Waals surface area (Å²) in [5.74, 6) is -6.71. The lowest BCUT2D eigenvalue weighted by molar-refractivity contribution is -0.870. The van der Waals surface area contributed by atoms with E-state index in [1.165, 1.54) is 0 Å². The van der Waals surface area contributed by atoms with E-state index < -0.39 is 95.1 Å². The van der Waals surface area contributed by atoms with E-state index in [0.29, 0.717) is 11.0 Å². The Morgan fingerprint density at radius 3 is 1.53 bits per heavy atom. The number of likely N-dealkylation sites (N-methyl/N-ethyl adjacent to an activating group) is 1. The first kappa shape index (κ1) is 47.2. The maximum atomic E-state index is 13.2. The van der Waals surface area contributed by atoms with Gasteiger partial charge in [0.25, 0.3) is 5.91 Å². The molecule has 0 fully saturated rings. The molecule has 294 valence electrons. The standard InChI is InChI=1S/C35H61N3O13/c1-12-33(6,21-32(4,5)28(44)49-18-16-38(9,10)11)30(46)51-20-24(27(42)43)37-26(41)23(36)19-50-31(47)35(8,14-3)22-34(7,13-2)29(45)48-17-15-25(39)40/h23-24H,12-22,36H2,1-11H3,(H2-,37,39,40,41,42,43)/t23-,24-,33?,34?,35?/m0/s1. The lowest BCUT2D eigenvalue weighted by Crippen LogP contribution is -2.71. The largest absolute Gasteiger partial charge is 0.550 e. The van der Waals surface area contributed by atoms with Crippen molar-refractivity contribution in [1.82, 2.24) is 5.32 Å². The van der Waals surface area contributed by atoms with Crippen molar-refractivity contribution in [2.45, 2.75) is 106 Å². The van der Waals surface area contributed by atoms with Crippen LogP contribution in [0.5, 0.6) is 0 Å². The second-order valence-electron chi connectivity index (χ2n) is 15.7. The monoisotopic (exact) mass is 731 g/mol. The zero-order valence-electron chi connectivity index (χ0n) is 32.4. The van der Waals surface area contributed by atoms with E-state index in [9.17, 15) is 43.8 Å². The van der Waals surface area contributed by atoms with E-state index in [4.69, 9.17) is 18.9 Å². The molecule has 0 bridgehead atoms. The van der Waals surface area contributed by atoms with Crippen molar-refractivity contribution in [2.24, 2.45) is 21.7 Å². The molecule has 16 heteroatoms. The molecule has 0 aromatic carbocycles. The highest BCUT2D eigenvalue weighted by molar-refractivity contribution is 5.86. The maximum absolute atomic E-state index is 13.2. The SMILES string of the molecule is CCC(C)(CC(C)(C)C(=O)OCC[N+](C)(C)C)C(=O)OC[C@H](NC(=O)[C@@H]([NH3+])COC(=O)C(C)(CC)CC(C)(CC)C(=O)OCCC(=O)[O-])C(=O)[O-]. The van der Waals surface area contributed by atoms with Crippen LogP contribution in [0.15, 0.2) is 0 Å². The van der Waals surface area contributed by atoms with Crippen molar-refractivity contribution in [3.05, 3.63) is 0 Å². The molecule has 0 aliphatic heterocycles. The van der Waals surface area contributed by atoms with E-state index in [0.717, 1.165) is 0 Å². The number of carboxylic acid groups (broad SMARTS) is 2. The zero-order chi connectivity index (χ0) is 40.0. The zero-order valence-corrected chi connectivity index (χ0v) is 32.4. The minimum atomic E-state index is -1.76. The van der Waals surface area contributed by atoms with Crippen LogP contribution in [0.4, 0.5) is 0 Å². The number of hydrogen-bond acceptors (Lipinski definition) is 13. The van der Waals surface area contributed by atoms with Gasteiger partial charge in [-0.15, -0.1) is 0 Å². The third-order valence-corrected chi connectivity index (χ3v) is 9.29. The number of carbonyl (C=O) groups is 7. The van der Waals surface area contributed by atoms with Crippen LogP contribution in [0.2, 0.25) is 0 Å². The Bertz CT molecular complexity index is 1250. The number of nitrogens with one attached hydrogen (secondary N) is 1. The number of hydrogen-bond donors (Lipinski definition) is 2. The summed E-state index contributed by atoms with van der Waals surface area (Å²) in [5.41, 5.74) is -0.978. The van der Waals surface area contributed by atoms with Crippen LogP contribution in [0.25, 0.3) is 0 Å². The van der Waals surface area contributed by atoms with Gasteiger partial charge in [-0.3, -0.25) is 24.0 Å². The smallest absolute Gasteiger partial charge is 0.312 e. The second kappa shape index (κ2) is 19.7. The lowest BCUT2D eigenvalue weighted by Gasteiger charge is -2.35. The molecule has 0 aromatic rings. The molecule has 4 N–H and O–H groups in total. The van der Waals surface area contributed by atoms with Crippen LogP contribution in [-0.4, -0.2) is 112 Å². The number of amides is 1. The number of carbonyl (C=O) groups excluding carboxylic acids is 7. The van der Waals surface area contributed by atoms with Crippen LogP contribution >= 0.6 is 0 Å². The van der Waals surface area contributed by atoms with Gasteiger partial charge in [-0.05, 0) is 66.7 Å². The molecule has 3 unspecified atom stereocenters. The predicted octanol–water partition coefficient (Wildman–Crippen LogP) is -1.09. The van der Waals surface area contributed by atoms with E-state index in [1.54, 1.807) is 55.4 Å². The Balaban J connectivity index is 5.41. The van der Waals surface area contributed by atoms with Crippen molar-refractivity contribution >= 4 is 41.7 Å². The first-order valence-electron chi connectivity index (χ1n) is 17.3. The van der Waals surface area contributed by atoms with E-state index in [1.807, 2.05) is 21.1 Å². The molecular weight excluding hydrogens is 670 g/mol. The molecule has 0 saturated carbocycles. The third-order valence-electron chi connectivity index (χ3n) is 9.29. The molecule has 0 aliphatic rings. The van der Waals surface area contributed by atoms with Crippen molar-refractivity contribution in [2.75, 3.05) is 54.1 Å². The molecule has 51 heavy (non-hydrogen) atoms. The molecule has 1 amide bonds. The molecule has 5 atom stereocenters. The van der Waals surface area contributed by atoms with Crippen molar-refractivity contribution < 1.29 is 72.9 Å². The van der Waals surface area contributed by atoms with E-state index in [-0.39, 0.29) is 45.3 Å². The topological polar surface area (TPSA) is 242 Å². The number of ether oxygens (including phenoxy) is 4. The fraction of sp³-hybridized carbons (Fsp3) is 0.800. The van der Waals surface area contributed by atoms with Crippen molar-refractivity contribution in [3.63, 3.8) is 0 Å². The summed E-state index contributed by atoms with van der Waals surface area (Å²) >= 11 is 0. The van der Waals surface area contributed by atoms with Crippen LogP contribution in [0, 0.1) is 21.7 Å². The molecule has 0 saturated heterocycles. The molecule has 0 radical (unpaired) electrons. The second-order valence-corrected chi connectivity index (χ2v) is 15.7. The van der Waals surface area contributed by atoms with Crippen molar-refractivity contribution in [1.29, 1.82) is 0 Å². The minimum Gasteiger partial charge on any atom is -0.550 e. The average Bonchev–Trinajstić information content (AvgIpc) is 3.03. The highest BCUT2D eigenvalue weighted by Gasteiger charge is 2.46. The van der Waals surface area contributed by atoms with E-state index in [2.05, 4.69) is 11.1 Å². The van der Waals surface area contributed by atoms with Crippen LogP contribution in [-0.2, 0) is 52.5 Å². The van der Waals surface area contributed by atoms with Crippen LogP contribution in [0.1, 0.15) is 93.9 Å². The summed E-state index contributed by atoms with van der Waals surface area (Å²) in [4.78, 5) is 87.4. The highest BCUT2D eigenvalue weighted by Crippen LogP contribution is 2.41. The highest BCUT2D eigenvalue weighted by atomic mass is 16.5. The number of rotatable bonds is 24. The first-order valence-corrected chi connectivity index (χ1v) is 17.3.